The van der Waals surface area contributed by atoms with Crippen molar-refractivity contribution in [2.45, 2.75) is 63.7 Å². The largest absolute Gasteiger partial charge is 0.349 e. The van der Waals surface area contributed by atoms with E-state index in [2.05, 4.69) is 10.2 Å². The normalized spacial score (nSPS) is 25.2. The van der Waals surface area contributed by atoms with Crippen molar-refractivity contribution in [3.63, 3.8) is 0 Å². The molecule has 0 saturated carbocycles. The van der Waals surface area contributed by atoms with Crippen LogP contribution < -0.4 is 5.32 Å². The van der Waals surface area contributed by atoms with Crippen LogP contribution >= 0.6 is 0 Å². The molecule has 0 unspecified atom stereocenters. The summed E-state index contributed by atoms with van der Waals surface area (Å²) in [5.41, 5.74) is 3.01. The first kappa shape index (κ1) is 18.2. The maximum atomic E-state index is 13.2. The number of fused-ring (bicyclic) bond motifs is 2. The predicted molar refractivity (Wildman–Crippen MR) is 105 cm³/mol. The fourth-order valence-corrected chi connectivity index (χ4v) is 4.71. The maximum absolute atomic E-state index is 13.2. The lowest BCUT2D eigenvalue weighted by molar-refractivity contribution is 0.0177. The van der Waals surface area contributed by atoms with Gasteiger partial charge in [0.1, 0.15) is 5.82 Å². The molecule has 1 amide bonds. The topological polar surface area (TPSA) is 32.3 Å². The summed E-state index contributed by atoms with van der Waals surface area (Å²) < 4.78 is 13.2. The van der Waals surface area contributed by atoms with E-state index in [0.717, 1.165) is 36.1 Å². The molecule has 27 heavy (non-hydrogen) atoms. The molecule has 2 aromatic carbocycles. The summed E-state index contributed by atoms with van der Waals surface area (Å²) in [6.07, 6.45) is 5.60. The third kappa shape index (κ3) is 4.22. The highest BCUT2D eigenvalue weighted by atomic mass is 19.1. The summed E-state index contributed by atoms with van der Waals surface area (Å²) >= 11 is 0. The van der Waals surface area contributed by atoms with E-state index in [1.54, 1.807) is 12.1 Å². The van der Waals surface area contributed by atoms with Crippen molar-refractivity contribution in [1.82, 2.24) is 10.2 Å². The van der Waals surface area contributed by atoms with Gasteiger partial charge in [0.25, 0.3) is 5.91 Å². The molecular weight excluding hydrogens is 339 g/mol. The standard InChI is InChI=1S/C23H27FN2O/c1-16-4-2-5-18(12-16)23(27)25-20-13-21-6-3-7-22(14-20)26(21)15-17-8-10-19(24)11-9-17/h2,4-5,8-12,20-22H,3,6-7,13-15H2,1H3,(H,25,27)/t21-,22-/m0/s1. The first-order chi connectivity index (χ1) is 13.1. The molecule has 0 radical (unpaired) electrons. The van der Waals surface area contributed by atoms with Gasteiger partial charge in [-0.05, 0) is 62.4 Å². The third-order valence-electron chi connectivity index (χ3n) is 6.02. The number of nitrogens with zero attached hydrogens (tertiary/aromatic N) is 1. The highest BCUT2D eigenvalue weighted by molar-refractivity contribution is 5.94. The highest BCUT2D eigenvalue weighted by Gasteiger charge is 2.38. The Morgan fingerprint density at radius 1 is 1.11 bits per heavy atom. The number of carbonyl (C=O) groups is 1. The Labute approximate surface area is 160 Å². The van der Waals surface area contributed by atoms with Gasteiger partial charge in [0, 0.05) is 30.2 Å². The Kier molecular flexibility index (Phi) is 5.26. The first-order valence-electron chi connectivity index (χ1n) is 9.96. The molecule has 2 aliphatic rings. The van der Waals surface area contributed by atoms with E-state index in [1.165, 1.54) is 19.3 Å². The SMILES string of the molecule is Cc1cccc(C(=O)NC2C[C@@H]3CCC[C@@H](C2)N3Cc2ccc(F)cc2)c1. The predicted octanol–water partition coefficient (Wildman–Crippen LogP) is 4.45. The summed E-state index contributed by atoms with van der Waals surface area (Å²) in [6, 6.07) is 15.8. The number of rotatable bonds is 4. The van der Waals surface area contributed by atoms with E-state index in [4.69, 9.17) is 0 Å². The summed E-state index contributed by atoms with van der Waals surface area (Å²) in [4.78, 5) is 15.2. The number of aryl methyl sites for hydroxylation is 1. The van der Waals surface area contributed by atoms with E-state index in [1.807, 2.05) is 43.3 Å². The van der Waals surface area contributed by atoms with Crippen molar-refractivity contribution < 1.29 is 9.18 Å². The summed E-state index contributed by atoms with van der Waals surface area (Å²) in [7, 11) is 0. The first-order valence-corrected chi connectivity index (χ1v) is 9.96. The monoisotopic (exact) mass is 366 g/mol. The summed E-state index contributed by atoms with van der Waals surface area (Å²) in [5.74, 6) is -0.148. The van der Waals surface area contributed by atoms with Crippen LogP contribution in [0.3, 0.4) is 0 Å². The van der Waals surface area contributed by atoms with Crippen LogP contribution in [0.2, 0.25) is 0 Å². The van der Waals surface area contributed by atoms with E-state index in [-0.39, 0.29) is 17.8 Å². The van der Waals surface area contributed by atoms with Gasteiger partial charge in [0.15, 0.2) is 0 Å². The fraction of sp³-hybridized carbons (Fsp3) is 0.435. The zero-order valence-electron chi connectivity index (χ0n) is 15.8. The molecule has 1 N–H and O–H groups in total. The lowest BCUT2D eigenvalue weighted by Gasteiger charge is -2.49. The molecule has 0 aliphatic carbocycles. The number of carbonyl (C=O) groups excluding carboxylic acids is 1. The van der Waals surface area contributed by atoms with Gasteiger partial charge in [0.2, 0.25) is 0 Å². The van der Waals surface area contributed by atoms with E-state index >= 15 is 0 Å². The van der Waals surface area contributed by atoms with Crippen molar-refractivity contribution in [3.05, 3.63) is 71.0 Å². The second-order valence-corrected chi connectivity index (χ2v) is 8.05. The molecule has 0 spiro atoms. The number of hydrogen-bond donors (Lipinski definition) is 1. The summed E-state index contributed by atoms with van der Waals surface area (Å²) in [6.45, 7) is 2.88. The third-order valence-corrected chi connectivity index (χ3v) is 6.02. The van der Waals surface area contributed by atoms with Gasteiger partial charge in [0.05, 0.1) is 0 Å². The Bertz CT molecular complexity index is 790. The maximum Gasteiger partial charge on any atom is 0.251 e. The highest BCUT2D eigenvalue weighted by Crippen LogP contribution is 2.35. The van der Waals surface area contributed by atoms with Gasteiger partial charge >= 0.3 is 0 Å². The Hall–Kier alpha value is -2.20. The van der Waals surface area contributed by atoms with Crippen LogP contribution in [0, 0.1) is 12.7 Å². The number of piperidine rings is 2. The van der Waals surface area contributed by atoms with Crippen molar-refractivity contribution in [2.75, 3.05) is 0 Å². The van der Waals surface area contributed by atoms with Gasteiger partial charge < -0.3 is 5.32 Å². The smallest absolute Gasteiger partial charge is 0.251 e. The van der Waals surface area contributed by atoms with Crippen LogP contribution in [0.15, 0.2) is 48.5 Å². The van der Waals surface area contributed by atoms with Gasteiger partial charge in [-0.2, -0.15) is 0 Å². The molecule has 2 fully saturated rings. The molecule has 2 heterocycles. The Morgan fingerprint density at radius 2 is 1.81 bits per heavy atom. The minimum absolute atomic E-state index is 0.0359. The molecule has 142 valence electrons. The fourth-order valence-electron chi connectivity index (χ4n) is 4.71. The molecule has 2 bridgehead atoms. The van der Waals surface area contributed by atoms with E-state index < -0.39 is 0 Å². The minimum Gasteiger partial charge on any atom is -0.349 e. The van der Waals surface area contributed by atoms with E-state index in [9.17, 15) is 9.18 Å². The van der Waals surface area contributed by atoms with Crippen molar-refractivity contribution >= 4 is 5.91 Å². The Morgan fingerprint density at radius 3 is 2.48 bits per heavy atom. The van der Waals surface area contributed by atoms with Crippen LogP contribution in [0.5, 0.6) is 0 Å². The van der Waals surface area contributed by atoms with Crippen molar-refractivity contribution in [3.8, 4) is 0 Å². The molecule has 3 nitrogen and oxygen atoms in total. The van der Waals surface area contributed by atoms with Crippen LogP contribution in [-0.4, -0.2) is 28.9 Å². The van der Waals surface area contributed by atoms with Gasteiger partial charge in [-0.15, -0.1) is 0 Å². The molecule has 4 rings (SSSR count). The molecule has 2 atom stereocenters. The van der Waals surface area contributed by atoms with Gasteiger partial charge in [-0.3, -0.25) is 9.69 Å². The molecule has 2 aliphatic heterocycles. The van der Waals surface area contributed by atoms with Gasteiger partial charge in [-0.25, -0.2) is 4.39 Å². The Balaban J connectivity index is 1.41. The number of amides is 1. The average Bonchev–Trinajstić information content (AvgIpc) is 2.64. The quantitative estimate of drug-likeness (QED) is 0.867. The number of benzene rings is 2. The number of hydrogen-bond acceptors (Lipinski definition) is 2. The lowest BCUT2D eigenvalue weighted by Crippen LogP contribution is -2.56. The average molecular weight is 366 g/mol. The van der Waals surface area contributed by atoms with Crippen molar-refractivity contribution in [1.29, 1.82) is 0 Å². The lowest BCUT2D eigenvalue weighted by atomic mass is 9.81. The molecule has 2 saturated heterocycles. The zero-order valence-corrected chi connectivity index (χ0v) is 15.8. The minimum atomic E-state index is -0.184. The molecule has 4 heteroatoms. The number of halogens is 1. The van der Waals surface area contributed by atoms with E-state index in [0.29, 0.717) is 12.1 Å². The van der Waals surface area contributed by atoms with Crippen LogP contribution in [0.4, 0.5) is 4.39 Å². The van der Waals surface area contributed by atoms with Gasteiger partial charge in [-0.1, -0.05) is 36.2 Å². The second-order valence-electron chi connectivity index (χ2n) is 8.05. The van der Waals surface area contributed by atoms with Crippen LogP contribution in [0.1, 0.15) is 53.6 Å². The van der Waals surface area contributed by atoms with Crippen molar-refractivity contribution in [2.24, 2.45) is 0 Å². The van der Waals surface area contributed by atoms with Crippen LogP contribution in [-0.2, 0) is 6.54 Å². The molecule has 0 aromatic heterocycles. The zero-order chi connectivity index (χ0) is 18.8. The number of nitrogens with one attached hydrogen (secondary N) is 1. The molecule has 2 aromatic rings. The van der Waals surface area contributed by atoms with Crippen LogP contribution in [0.25, 0.3) is 0 Å². The summed E-state index contributed by atoms with van der Waals surface area (Å²) in [5, 5.41) is 3.27. The molecular formula is C23H27FN2O. The second kappa shape index (κ2) is 7.81.